The summed E-state index contributed by atoms with van der Waals surface area (Å²) in [6.45, 7) is 6.96. The van der Waals surface area contributed by atoms with Gasteiger partial charge in [0, 0.05) is 11.0 Å². The van der Waals surface area contributed by atoms with Crippen LogP contribution in [-0.4, -0.2) is 27.0 Å². The standard InChI is InChI=1S/C7H15I2N/c1-3-10(6-9)5-7(2)4-8/h7H,3-6H2,1-2H3. The van der Waals surface area contributed by atoms with Crippen LogP contribution in [-0.2, 0) is 0 Å². The number of hydrogen-bond acceptors (Lipinski definition) is 1. The Morgan fingerprint density at radius 1 is 1.40 bits per heavy atom. The van der Waals surface area contributed by atoms with E-state index in [1.807, 2.05) is 0 Å². The summed E-state index contributed by atoms with van der Waals surface area (Å²) in [6.07, 6.45) is 0. The lowest BCUT2D eigenvalue weighted by Gasteiger charge is -2.20. The monoisotopic (exact) mass is 367 g/mol. The molecule has 1 nitrogen and oxygen atoms in total. The van der Waals surface area contributed by atoms with Gasteiger partial charge in [-0.25, -0.2) is 0 Å². The van der Waals surface area contributed by atoms with Gasteiger partial charge in [-0.1, -0.05) is 59.0 Å². The van der Waals surface area contributed by atoms with Gasteiger partial charge >= 0.3 is 0 Å². The van der Waals surface area contributed by atoms with E-state index in [4.69, 9.17) is 0 Å². The first kappa shape index (κ1) is 11.4. The highest BCUT2D eigenvalue weighted by molar-refractivity contribution is 14.1. The molecule has 1 atom stereocenters. The van der Waals surface area contributed by atoms with Crippen LogP contribution in [0, 0.1) is 5.92 Å². The molecule has 0 rings (SSSR count). The molecule has 0 radical (unpaired) electrons. The zero-order chi connectivity index (χ0) is 7.98. The molecule has 0 aromatic rings. The Morgan fingerprint density at radius 3 is 2.30 bits per heavy atom. The molecule has 1 unspecified atom stereocenters. The van der Waals surface area contributed by atoms with Crippen molar-refractivity contribution in [2.24, 2.45) is 5.92 Å². The van der Waals surface area contributed by atoms with Gasteiger partial charge in [-0.05, 0) is 12.5 Å². The fourth-order valence-electron chi connectivity index (χ4n) is 0.752. The van der Waals surface area contributed by atoms with E-state index in [0.29, 0.717) is 0 Å². The van der Waals surface area contributed by atoms with Gasteiger partial charge in [-0.15, -0.1) is 0 Å². The lowest BCUT2D eigenvalue weighted by Crippen LogP contribution is -2.27. The van der Waals surface area contributed by atoms with Crippen LogP contribution in [0.25, 0.3) is 0 Å². The molecule has 0 N–H and O–H groups in total. The highest BCUT2D eigenvalue weighted by Crippen LogP contribution is 2.04. The first-order valence-corrected chi connectivity index (χ1v) is 6.64. The molecule has 0 amide bonds. The van der Waals surface area contributed by atoms with E-state index in [1.54, 1.807) is 0 Å². The fraction of sp³-hybridized carbons (Fsp3) is 1.00. The minimum atomic E-state index is 0.843. The topological polar surface area (TPSA) is 3.24 Å². The Bertz CT molecular complexity index is 74.0. The van der Waals surface area contributed by atoms with Crippen LogP contribution in [0.4, 0.5) is 0 Å². The molecule has 0 aromatic carbocycles. The third kappa shape index (κ3) is 5.12. The molecule has 10 heavy (non-hydrogen) atoms. The van der Waals surface area contributed by atoms with Gasteiger partial charge in [0.05, 0.1) is 4.55 Å². The summed E-state index contributed by atoms with van der Waals surface area (Å²) in [6, 6.07) is 0. The second-order valence-corrected chi connectivity index (χ2v) is 4.11. The molecular weight excluding hydrogens is 352 g/mol. The molecule has 0 heterocycles. The molecule has 0 aliphatic carbocycles. The average Bonchev–Trinajstić information content (AvgIpc) is 1.99. The van der Waals surface area contributed by atoms with Gasteiger partial charge in [0.1, 0.15) is 0 Å². The third-order valence-corrected chi connectivity index (χ3v) is 3.92. The number of alkyl halides is 2. The highest BCUT2D eigenvalue weighted by atomic mass is 127. The Kier molecular flexibility index (Phi) is 8.10. The predicted octanol–water partition coefficient (Wildman–Crippen LogP) is 2.77. The summed E-state index contributed by atoms with van der Waals surface area (Å²) in [4.78, 5) is 2.46. The highest BCUT2D eigenvalue weighted by Gasteiger charge is 2.04. The third-order valence-electron chi connectivity index (χ3n) is 1.45. The van der Waals surface area contributed by atoms with Crippen LogP contribution in [0.5, 0.6) is 0 Å². The van der Waals surface area contributed by atoms with Crippen molar-refractivity contribution in [2.75, 3.05) is 22.1 Å². The predicted molar refractivity (Wildman–Crippen MR) is 64.2 cm³/mol. The summed E-state index contributed by atoms with van der Waals surface area (Å²) < 4.78 is 2.43. The van der Waals surface area contributed by atoms with Crippen LogP contribution in [0.2, 0.25) is 0 Å². The molecule has 0 aromatic heterocycles. The van der Waals surface area contributed by atoms with Gasteiger partial charge in [-0.2, -0.15) is 0 Å². The quantitative estimate of drug-likeness (QED) is 0.411. The summed E-state index contributed by atoms with van der Waals surface area (Å²) in [5, 5.41) is 0. The Morgan fingerprint density at radius 2 is 2.00 bits per heavy atom. The SMILES string of the molecule is CCN(CI)CC(C)CI. The Labute approximate surface area is 91.2 Å². The van der Waals surface area contributed by atoms with Crippen molar-refractivity contribution in [3.05, 3.63) is 0 Å². The largest absolute Gasteiger partial charge is 0.294 e. The summed E-state index contributed by atoms with van der Waals surface area (Å²) in [5.41, 5.74) is 0. The Hall–Kier alpha value is 1.42. The second-order valence-electron chi connectivity index (χ2n) is 2.55. The normalized spacial score (nSPS) is 14.1. The van der Waals surface area contributed by atoms with Crippen LogP contribution < -0.4 is 0 Å². The zero-order valence-corrected chi connectivity index (χ0v) is 10.9. The summed E-state index contributed by atoms with van der Waals surface area (Å²) in [7, 11) is 0. The number of halogens is 2. The average molecular weight is 367 g/mol. The molecular formula is C7H15I2N. The molecule has 0 saturated carbocycles. The van der Waals surface area contributed by atoms with E-state index in [-0.39, 0.29) is 0 Å². The van der Waals surface area contributed by atoms with Crippen molar-refractivity contribution in [3.8, 4) is 0 Å². The lowest BCUT2D eigenvalue weighted by atomic mass is 10.2. The first-order chi connectivity index (χ1) is 4.74. The molecule has 0 fully saturated rings. The van der Waals surface area contributed by atoms with Crippen molar-refractivity contribution < 1.29 is 0 Å². The van der Waals surface area contributed by atoms with Crippen LogP contribution in [0.1, 0.15) is 13.8 Å². The smallest absolute Gasteiger partial charge is 0.0505 e. The van der Waals surface area contributed by atoms with E-state index in [1.165, 1.54) is 17.5 Å². The van der Waals surface area contributed by atoms with Crippen molar-refractivity contribution in [3.63, 3.8) is 0 Å². The zero-order valence-electron chi connectivity index (χ0n) is 6.61. The maximum Gasteiger partial charge on any atom is 0.0505 e. The van der Waals surface area contributed by atoms with Crippen molar-refractivity contribution >= 4 is 45.2 Å². The van der Waals surface area contributed by atoms with Crippen LogP contribution in [0.3, 0.4) is 0 Å². The van der Waals surface area contributed by atoms with Crippen LogP contribution >= 0.6 is 45.2 Å². The molecule has 0 aliphatic rings. The number of rotatable bonds is 5. The van der Waals surface area contributed by atoms with E-state index >= 15 is 0 Å². The van der Waals surface area contributed by atoms with Gasteiger partial charge in [-0.3, -0.25) is 4.90 Å². The van der Waals surface area contributed by atoms with Crippen molar-refractivity contribution in [2.45, 2.75) is 13.8 Å². The van der Waals surface area contributed by atoms with Gasteiger partial charge in [0.25, 0.3) is 0 Å². The fourth-order valence-corrected chi connectivity index (χ4v) is 1.79. The Balaban J connectivity index is 3.41. The van der Waals surface area contributed by atoms with Gasteiger partial charge in [0.15, 0.2) is 0 Å². The molecule has 0 spiro atoms. The van der Waals surface area contributed by atoms with E-state index in [2.05, 4.69) is 63.9 Å². The van der Waals surface area contributed by atoms with Gasteiger partial charge in [0.2, 0.25) is 0 Å². The summed E-state index contributed by atoms with van der Waals surface area (Å²) >= 11 is 4.87. The van der Waals surface area contributed by atoms with Gasteiger partial charge < -0.3 is 0 Å². The minimum absolute atomic E-state index is 0.843. The maximum atomic E-state index is 2.46. The van der Waals surface area contributed by atoms with E-state index in [0.717, 1.165) is 10.5 Å². The van der Waals surface area contributed by atoms with E-state index < -0.39 is 0 Å². The van der Waals surface area contributed by atoms with Crippen LogP contribution in [0.15, 0.2) is 0 Å². The molecule has 0 bridgehead atoms. The van der Waals surface area contributed by atoms with Crippen molar-refractivity contribution in [1.29, 1.82) is 0 Å². The molecule has 3 heteroatoms. The molecule has 0 saturated heterocycles. The second kappa shape index (κ2) is 7.09. The molecule has 62 valence electrons. The van der Waals surface area contributed by atoms with Crippen molar-refractivity contribution in [1.82, 2.24) is 4.90 Å². The summed E-state index contributed by atoms with van der Waals surface area (Å²) in [5.74, 6) is 0.843. The number of hydrogen-bond donors (Lipinski definition) is 0. The minimum Gasteiger partial charge on any atom is -0.294 e. The van der Waals surface area contributed by atoms with E-state index in [9.17, 15) is 0 Å². The molecule has 0 aliphatic heterocycles. The maximum absolute atomic E-state index is 2.46. The lowest BCUT2D eigenvalue weighted by molar-refractivity contribution is 0.308. The first-order valence-electron chi connectivity index (χ1n) is 3.58. The number of nitrogens with zero attached hydrogens (tertiary/aromatic N) is 1.